The minimum Gasteiger partial charge on any atom is -0.481 e. The van der Waals surface area contributed by atoms with E-state index in [1.54, 1.807) is 13.2 Å². The van der Waals surface area contributed by atoms with E-state index in [-0.39, 0.29) is 0 Å². The van der Waals surface area contributed by atoms with Gasteiger partial charge in [0.05, 0.1) is 7.11 Å². The van der Waals surface area contributed by atoms with Crippen LogP contribution in [0.25, 0.3) is 0 Å². The van der Waals surface area contributed by atoms with Crippen LogP contribution >= 0.6 is 0 Å². The van der Waals surface area contributed by atoms with Crippen molar-refractivity contribution in [3.05, 3.63) is 11.8 Å². The molecule has 118 valence electrons. The van der Waals surface area contributed by atoms with Gasteiger partial charge in [0.2, 0.25) is 11.8 Å². The fourth-order valence-electron chi connectivity index (χ4n) is 1.52. The largest absolute Gasteiger partial charge is 0.481 e. The Morgan fingerprint density at radius 1 is 1.29 bits per heavy atom. The van der Waals surface area contributed by atoms with Crippen molar-refractivity contribution < 1.29 is 14.3 Å². The van der Waals surface area contributed by atoms with Gasteiger partial charge in [0.25, 0.3) is 0 Å². The highest BCUT2D eigenvalue weighted by atomic mass is 16.6. The van der Waals surface area contributed by atoms with Crippen molar-refractivity contribution in [3.8, 4) is 5.88 Å². The van der Waals surface area contributed by atoms with E-state index in [1.807, 2.05) is 27.7 Å². The molecule has 7 nitrogen and oxygen atoms in total. The molecule has 0 aliphatic rings. The number of hydrogen-bond acceptors (Lipinski definition) is 6. The average molecular weight is 296 g/mol. The molecule has 21 heavy (non-hydrogen) atoms. The number of carbonyl (C=O) groups excluding carboxylic acids is 1. The van der Waals surface area contributed by atoms with Crippen molar-refractivity contribution in [2.24, 2.45) is 0 Å². The van der Waals surface area contributed by atoms with Gasteiger partial charge in [-0.3, -0.25) is 0 Å². The first-order valence-corrected chi connectivity index (χ1v) is 6.90. The van der Waals surface area contributed by atoms with Crippen molar-refractivity contribution in [3.63, 3.8) is 0 Å². The predicted molar refractivity (Wildman–Crippen MR) is 80.7 cm³/mol. The number of carbonyl (C=O) groups is 1. The number of amides is 1. The highest BCUT2D eigenvalue weighted by Crippen LogP contribution is 2.11. The van der Waals surface area contributed by atoms with E-state index >= 15 is 0 Å². The van der Waals surface area contributed by atoms with E-state index < -0.39 is 11.7 Å². The number of methoxy groups -OCH3 is 1. The van der Waals surface area contributed by atoms with Crippen molar-refractivity contribution in [1.29, 1.82) is 0 Å². The number of nitrogens with one attached hydrogen (secondary N) is 2. The summed E-state index contributed by atoms with van der Waals surface area (Å²) >= 11 is 0. The number of aromatic nitrogens is 2. The standard InChI is InChI=1S/C14H24N4O3/c1-10-9-11(20-5)18-12(17-10)15-7-6-8-16-13(19)21-14(2,3)4/h9H,6-8H2,1-5H3,(H,16,19)(H,15,17,18). The van der Waals surface area contributed by atoms with Gasteiger partial charge in [0.1, 0.15) is 5.60 Å². The van der Waals surface area contributed by atoms with E-state index in [0.717, 1.165) is 12.1 Å². The molecule has 0 fully saturated rings. The van der Waals surface area contributed by atoms with Crippen LogP contribution in [0.1, 0.15) is 32.9 Å². The summed E-state index contributed by atoms with van der Waals surface area (Å²) < 4.78 is 10.2. The van der Waals surface area contributed by atoms with E-state index in [9.17, 15) is 4.79 Å². The third-order valence-corrected chi connectivity index (χ3v) is 2.34. The highest BCUT2D eigenvalue weighted by Gasteiger charge is 2.15. The molecule has 1 aromatic heterocycles. The SMILES string of the molecule is COc1cc(C)nc(NCCCNC(=O)OC(C)(C)C)n1. The van der Waals surface area contributed by atoms with Crippen LogP contribution in [0.2, 0.25) is 0 Å². The fourth-order valence-corrected chi connectivity index (χ4v) is 1.52. The Morgan fingerprint density at radius 2 is 2.00 bits per heavy atom. The smallest absolute Gasteiger partial charge is 0.407 e. The van der Waals surface area contributed by atoms with Crippen molar-refractivity contribution >= 4 is 12.0 Å². The summed E-state index contributed by atoms with van der Waals surface area (Å²) in [5.41, 5.74) is 0.352. The zero-order chi connectivity index (χ0) is 15.9. The van der Waals surface area contributed by atoms with Crippen LogP contribution in [-0.2, 0) is 4.74 Å². The van der Waals surface area contributed by atoms with Gasteiger partial charge < -0.3 is 20.1 Å². The molecule has 0 aliphatic heterocycles. The summed E-state index contributed by atoms with van der Waals surface area (Å²) in [6.45, 7) is 8.52. The Kier molecular flexibility index (Phi) is 6.20. The zero-order valence-electron chi connectivity index (χ0n) is 13.3. The third kappa shape index (κ3) is 7.34. The van der Waals surface area contributed by atoms with Crippen LogP contribution in [0.15, 0.2) is 6.07 Å². The molecule has 1 aromatic rings. The molecule has 2 N–H and O–H groups in total. The Labute approximate surface area is 125 Å². The summed E-state index contributed by atoms with van der Waals surface area (Å²) in [5.74, 6) is 1.04. The highest BCUT2D eigenvalue weighted by molar-refractivity contribution is 5.67. The lowest BCUT2D eigenvalue weighted by Crippen LogP contribution is -2.33. The van der Waals surface area contributed by atoms with Crippen molar-refractivity contribution in [2.75, 3.05) is 25.5 Å². The fraction of sp³-hybridized carbons (Fsp3) is 0.643. The molecule has 7 heteroatoms. The quantitative estimate of drug-likeness (QED) is 0.782. The molecule has 0 aliphatic carbocycles. The van der Waals surface area contributed by atoms with Crippen LogP contribution in [-0.4, -0.2) is 41.9 Å². The lowest BCUT2D eigenvalue weighted by Gasteiger charge is -2.19. The second kappa shape index (κ2) is 7.66. The Morgan fingerprint density at radius 3 is 2.62 bits per heavy atom. The number of nitrogens with zero attached hydrogens (tertiary/aromatic N) is 2. The maximum Gasteiger partial charge on any atom is 0.407 e. The van der Waals surface area contributed by atoms with Gasteiger partial charge in [-0.05, 0) is 34.1 Å². The first-order valence-electron chi connectivity index (χ1n) is 6.90. The van der Waals surface area contributed by atoms with Crippen molar-refractivity contribution in [1.82, 2.24) is 15.3 Å². The van der Waals surface area contributed by atoms with Gasteiger partial charge in [-0.15, -0.1) is 0 Å². The zero-order valence-corrected chi connectivity index (χ0v) is 13.3. The van der Waals surface area contributed by atoms with Crippen LogP contribution in [0.4, 0.5) is 10.7 Å². The predicted octanol–water partition coefficient (Wildman–Crippen LogP) is 2.12. The molecule has 0 atom stereocenters. The van der Waals surface area contributed by atoms with Crippen LogP contribution < -0.4 is 15.4 Å². The Bertz CT molecular complexity index is 472. The molecule has 0 aromatic carbocycles. The number of ether oxygens (including phenoxy) is 2. The number of aryl methyl sites for hydroxylation is 1. The summed E-state index contributed by atoms with van der Waals surface area (Å²) in [7, 11) is 1.57. The maximum absolute atomic E-state index is 11.4. The van der Waals surface area contributed by atoms with Gasteiger partial charge in [-0.25, -0.2) is 9.78 Å². The average Bonchev–Trinajstić information content (AvgIpc) is 2.35. The normalized spacial score (nSPS) is 10.9. The lowest BCUT2D eigenvalue weighted by atomic mass is 10.2. The van der Waals surface area contributed by atoms with Gasteiger partial charge in [0, 0.05) is 24.8 Å². The Balaban J connectivity index is 2.25. The first kappa shape index (κ1) is 17.0. The van der Waals surface area contributed by atoms with Crippen LogP contribution in [0.3, 0.4) is 0 Å². The molecular formula is C14H24N4O3. The second-order valence-electron chi connectivity index (χ2n) is 5.58. The minimum absolute atomic E-state index is 0.407. The second-order valence-corrected chi connectivity index (χ2v) is 5.58. The summed E-state index contributed by atoms with van der Waals surface area (Å²) in [6.07, 6.45) is 0.328. The molecule has 0 bridgehead atoms. The number of anilines is 1. The molecule has 0 saturated carbocycles. The molecule has 0 radical (unpaired) electrons. The minimum atomic E-state index is -0.478. The van der Waals surface area contributed by atoms with E-state index in [0.29, 0.717) is 24.9 Å². The third-order valence-electron chi connectivity index (χ3n) is 2.34. The summed E-state index contributed by atoms with van der Waals surface area (Å²) in [5, 5.41) is 5.78. The molecule has 0 unspecified atom stereocenters. The van der Waals surface area contributed by atoms with Gasteiger partial charge >= 0.3 is 6.09 Å². The molecule has 1 amide bonds. The number of alkyl carbamates (subject to hydrolysis) is 1. The first-order chi connectivity index (χ1) is 9.80. The number of hydrogen-bond donors (Lipinski definition) is 2. The summed E-state index contributed by atoms with van der Waals surface area (Å²) in [4.78, 5) is 19.9. The molecule has 1 heterocycles. The summed E-state index contributed by atoms with van der Waals surface area (Å²) in [6, 6.07) is 1.76. The lowest BCUT2D eigenvalue weighted by molar-refractivity contribution is 0.0528. The van der Waals surface area contributed by atoms with E-state index in [1.165, 1.54) is 0 Å². The van der Waals surface area contributed by atoms with Gasteiger partial charge in [-0.1, -0.05) is 0 Å². The van der Waals surface area contributed by atoms with Crippen LogP contribution in [0, 0.1) is 6.92 Å². The molecule has 1 rings (SSSR count). The van der Waals surface area contributed by atoms with Gasteiger partial charge in [0.15, 0.2) is 0 Å². The van der Waals surface area contributed by atoms with Gasteiger partial charge in [-0.2, -0.15) is 4.98 Å². The Hall–Kier alpha value is -2.05. The monoisotopic (exact) mass is 296 g/mol. The molecule has 0 saturated heterocycles. The van der Waals surface area contributed by atoms with E-state index in [2.05, 4.69) is 20.6 Å². The van der Waals surface area contributed by atoms with Crippen molar-refractivity contribution in [2.45, 2.75) is 39.7 Å². The van der Waals surface area contributed by atoms with Crippen LogP contribution in [0.5, 0.6) is 5.88 Å². The van der Waals surface area contributed by atoms with E-state index in [4.69, 9.17) is 9.47 Å². The molecule has 0 spiro atoms. The maximum atomic E-state index is 11.4. The molecular weight excluding hydrogens is 272 g/mol. The topological polar surface area (TPSA) is 85.4 Å². The number of rotatable bonds is 6.